The zero-order chi connectivity index (χ0) is 14.1. The van der Waals surface area contributed by atoms with Gasteiger partial charge < -0.3 is 10.6 Å². The Bertz CT molecular complexity index is 648. The molecule has 5 heteroatoms. The Morgan fingerprint density at radius 2 is 1.95 bits per heavy atom. The first kappa shape index (κ1) is 13.3. The van der Waals surface area contributed by atoms with E-state index in [9.17, 15) is 4.79 Å². The molecule has 1 aliphatic heterocycles. The van der Waals surface area contributed by atoms with Crippen LogP contribution in [-0.2, 0) is 11.2 Å². The van der Waals surface area contributed by atoms with Crippen LogP contribution in [0, 0.1) is 0 Å². The monoisotopic (exact) mass is 306 g/mol. The van der Waals surface area contributed by atoms with E-state index in [2.05, 4.69) is 10.6 Å². The summed E-state index contributed by atoms with van der Waals surface area (Å²) in [6, 6.07) is 12.8. The molecule has 0 saturated heterocycles. The van der Waals surface area contributed by atoms with Crippen molar-refractivity contribution in [3.63, 3.8) is 0 Å². The predicted molar refractivity (Wildman–Crippen MR) is 82.6 cm³/mol. The van der Waals surface area contributed by atoms with Crippen molar-refractivity contribution in [2.75, 3.05) is 10.6 Å². The smallest absolute Gasteiger partial charge is 0.247 e. The molecule has 2 N–H and O–H groups in total. The maximum Gasteiger partial charge on any atom is 0.247 e. The maximum absolute atomic E-state index is 12.3. The Hall–Kier alpha value is -1.71. The highest BCUT2D eigenvalue weighted by Crippen LogP contribution is 2.31. The van der Waals surface area contributed by atoms with E-state index in [1.807, 2.05) is 24.3 Å². The molecular weight excluding hydrogens is 295 g/mol. The number of carbonyl (C=O) groups is 1. The summed E-state index contributed by atoms with van der Waals surface area (Å²) in [7, 11) is 0. The van der Waals surface area contributed by atoms with Crippen LogP contribution in [-0.4, -0.2) is 11.9 Å². The Balaban J connectivity index is 1.74. The normalized spacial score (nSPS) is 16.4. The van der Waals surface area contributed by atoms with Crippen molar-refractivity contribution in [2.45, 2.75) is 12.5 Å². The Morgan fingerprint density at radius 1 is 1.15 bits per heavy atom. The molecule has 0 saturated carbocycles. The third-order valence-electron chi connectivity index (χ3n) is 3.30. The number of para-hydroxylation sites is 1. The fourth-order valence-electron chi connectivity index (χ4n) is 2.28. The zero-order valence-electron chi connectivity index (χ0n) is 10.5. The first-order chi connectivity index (χ1) is 9.65. The first-order valence-corrected chi connectivity index (χ1v) is 7.00. The molecule has 3 rings (SSSR count). The van der Waals surface area contributed by atoms with Crippen molar-refractivity contribution >= 4 is 40.5 Å². The molecule has 1 aliphatic rings. The summed E-state index contributed by atoms with van der Waals surface area (Å²) >= 11 is 12.0. The minimum absolute atomic E-state index is 0.120. The minimum atomic E-state index is -0.289. The van der Waals surface area contributed by atoms with E-state index < -0.39 is 0 Å². The lowest BCUT2D eigenvalue weighted by atomic mass is 10.1. The van der Waals surface area contributed by atoms with Crippen LogP contribution in [0.25, 0.3) is 0 Å². The fraction of sp³-hybridized carbons (Fsp3) is 0.133. The van der Waals surface area contributed by atoms with Crippen molar-refractivity contribution in [1.82, 2.24) is 0 Å². The quantitative estimate of drug-likeness (QED) is 0.881. The lowest BCUT2D eigenvalue weighted by Gasteiger charge is -2.13. The van der Waals surface area contributed by atoms with Gasteiger partial charge in [0.1, 0.15) is 6.04 Å². The van der Waals surface area contributed by atoms with Crippen LogP contribution in [0.4, 0.5) is 11.4 Å². The van der Waals surface area contributed by atoms with Crippen molar-refractivity contribution in [2.24, 2.45) is 0 Å². The molecule has 2 aromatic carbocycles. The lowest BCUT2D eigenvalue weighted by molar-refractivity contribution is -0.116. The molecule has 20 heavy (non-hydrogen) atoms. The summed E-state index contributed by atoms with van der Waals surface area (Å²) in [6.45, 7) is 0. The Labute approximate surface area is 126 Å². The van der Waals surface area contributed by atoms with Gasteiger partial charge in [0, 0.05) is 12.1 Å². The van der Waals surface area contributed by atoms with E-state index in [0.29, 0.717) is 22.2 Å². The molecule has 3 nitrogen and oxygen atoms in total. The van der Waals surface area contributed by atoms with E-state index >= 15 is 0 Å². The molecule has 1 heterocycles. The summed E-state index contributed by atoms with van der Waals surface area (Å²) in [5.74, 6) is -0.120. The summed E-state index contributed by atoms with van der Waals surface area (Å²) < 4.78 is 0. The Kier molecular flexibility index (Phi) is 3.55. The number of nitrogens with one attached hydrogen (secondary N) is 2. The van der Waals surface area contributed by atoms with Crippen LogP contribution in [0.2, 0.25) is 10.0 Å². The number of hydrogen-bond acceptors (Lipinski definition) is 2. The number of rotatable bonds is 2. The molecule has 0 bridgehead atoms. The third kappa shape index (κ3) is 2.47. The van der Waals surface area contributed by atoms with Crippen LogP contribution in [0.3, 0.4) is 0 Å². The van der Waals surface area contributed by atoms with E-state index in [0.717, 1.165) is 11.3 Å². The van der Waals surface area contributed by atoms with Gasteiger partial charge in [-0.25, -0.2) is 0 Å². The van der Waals surface area contributed by atoms with Gasteiger partial charge in [0.25, 0.3) is 0 Å². The van der Waals surface area contributed by atoms with Gasteiger partial charge in [0.05, 0.1) is 15.7 Å². The minimum Gasteiger partial charge on any atom is -0.373 e. The fourth-order valence-corrected chi connectivity index (χ4v) is 2.62. The van der Waals surface area contributed by atoms with Gasteiger partial charge in [-0.3, -0.25) is 4.79 Å². The average molecular weight is 307 g/mol. The molecule has 0 spiro atoms. The second-order valence-corrected chi connectivity index (χ2v) is 5.43. The molecule has 102 valence electrons. The van der Waals surface area contributed by atoms with E-state index in [1.165, 1.54) is 0 Å². The van der Waals surface area contributed by atoms with Crippen LogP contribution in [0.1, 0.15) is 5.56 Å². The summed E-state index contributed by atoms with van der Waals surface area (Å²) in [5.41, 5.74) is 2.68. The molecule has 0 fully saturated rings. The van der Waals surface area contributed by atoms with Crippen LogP contribution < -0.4 is 10.6 Å². The van der Waals surface area contributed by atoms with Crippen LogP contribution >= 0.6 is 23.2 Å². The van der Waals surface area contributed by atoms with Crippen LogP contribution in [0.5, 0.6) is 0 Å². The number of halogens is 2. The van der Waals surface area contributed by atoms with Gasteiger partial charge >= 0.3 is 0 Å². The van der Waals surface area contributed by atoms with Gasteiger partial charge in [-0.05, 0) is 23.8 Å². The molecule has 0 aliphatic carbocycles. The van der Waals surface area contributed by atoms with E-state index in [-0.39, 0.29) is 11.9 Å². The molecule has 0 aromatic heterocycles. The standard InChI is InChI=1S/C15H12Cl2N2O/c16-10-5-3-7-12(14(10)17)19-15(20)13-8-9-4-1-2-6-11(9)18-13/h1-7,13,18H,8H2,(H,19,20)/t13-/m0/s1. The highest BCUT2D eigenvalue weighted by molar-refractivity contribution is 6.44. The second-order valence-electron chi connectivity index (χ2n) is 4.65. The van der Waals surface area contributed by atoms with Gasteiger partial charge in [0.2, 0.25) is 5.91 Å². The molecule has 0 unspecified atom stereocenters. The number of benzene rings is 2. The van der Waals surface area contributed by atoms with Gasteiger partial charge in [-0.2, -0.15) is 0 Å². The summed E-state index contributed by atoms with van der Waals surface area (Å²) in [4.78, 5) is 12.3. The third-order valence-corrected chi connectivity index (χ3v) is 4.12. The molecule has 1 atom stereocenters. The Morgan fingerprint density at radius 3 is 2.75 bits per heavy atom. The first-order valence-electron chi connectivity index (χ1n) is 6.24. The van der Waals surface area contributed by atoms with Crippen molar-refractivity contribution in [1.29, 1.82) is 0 Å². The molecule has 2 aromatic rings. The van der Waals surface area contributed by atoms with Crippen molar-refractivity contribution in [3.05, 3.63) is 58.1 Å². The molecule has 1 amide bonds. The van der Waals surface area contributed by atoms with Gasteiger partial charge in [-0.1, -0.05) is 47.5 Å². The van der Waals surface area contributed by atoms with Gasteiger partial charge in [-0.15, -0.1) is 0 Å². The maximum atomic E-state index is 12.3. The number of carbonyl (C=O) groups excluding carboxylic acids is 1. The second kappa shape index (κ2) is 5.35. The van der Waals surface area contributed by atoms with Crippen LogP contribution in [0.15, 0.2) is 42.5 Å². The van der Waals surface area contributed by atoms with Crippen molar-refractivity contribution < 1.29 is 4.79 Å². The number of fused-ring (bicyclic) bond motifs is 1. The predicted octanol–water partition coefficient (Wildman–Crippen LogP) is 3.97. The molecule has 0 radical (unpaired) electrons. The molecular formula is C15H12Cl2N2O. The van der Waals surface area contributed by atoms with E-state index in [1.54, 1.807) is 18.2 Å². The lowest BCUT2D eigenvalue weighted by Crippen LogP contribution is -2.32. The SMILES string of the molecule is O=C(Nc1cccc(Cl)c1Cl)[C@@H]1Cc2ccccc2N1. The number of hydrogen-bond donors (Lipinski definition) is 2. The largest absolute Gasteiger partial charge is 0.373 e. The number of anilines is 2. The topological polar surface area (TPSA) is 41.1 Å². The van der Waals surface area contributed by atoms with Crippen molar-refractivity contribution in [3.8, 4) is 0 Å². The summed E-state index contributed by atoms with van der Waals surface area (Å²) in [5, 5.41) is 6.79. The number of amides is 1. The highest BCUT2D eigenvalue weighted by atomic mass is 35.5. The van der Waals surface area contributed by atoms with E-state index in [4.69, 9.17) is 23.2 Å². The summed E-state index contributed by atoms with van der Waals surface area (Å²) in [6.07, 6.45) is 0.667. The average Bonchev–Trinajstić information content (AvgIpc) is 2.88. The highest BCUT2D eigenvalue weighted by Gasteiger charge is 2.26. The van der Waals surface area contributed by atoms with Gasteiger partial charge in [0.15, 0.2) is 0 Å². The zero-order valence-corrected chi connectivity index (χ0v) is 12.0.